The maximum atomic E-state index is 12.6. The molecule has 1 saturated heterocycles. The molecule has 0 aliphatic carbocycles. The van der Waals surface area contributed by atoms with E-state index < -0.39 is 0 Å². The Labute approximate surface area is 177 Å². The van der Waals surface area contributed by atoms with E-state index in [1.165, 1.54) is 4.70 Å². The van der Waals surface area contributed by atoms with Crippen LogP contribution in [0.4, 0.5) is 0 Å². The van der Waals surface area contributed by atoms with E-state index in [4.69, 9.17) is 14.5 Å². The Morgan fingerprint density at radius 3 is 2.73 bits per heavy atom. The molecule has 0 bridgehead atoms. The molecule has 0 saturated carbocycles. The summed E-state index contributed by atoms with van der Waals surface area (Å²) in [5.74, 6) is 1.19. The van der Waals surface area contributed by atoms with Crippen molar-refractivity contribution in [3.8, 4) is 11.5 Å². The lowest BCUT2D eigenvalue weighted by Crippen LogP contribution is -2.43. The Morgan fingerprint density at radius 1 is 1.10 bits per heavy atom. The summed E-state index contributed by atoms with van der Waals surface area (Å²) in [7, 11) is 0. The number of likely N-dealkylation sites (tertiary alicyclic amines) is 1. The zero-order valence-corrected chi connectivity index (χ0v) is 17.1. The maximum Gasteiger partial charge on any atom is 0.251 e. The van der Waals surface area contributed by atoms with Crippen LogP contribution in [0, 0.1) is 0 Å². The molecule has 1 fully saturated rings. The number of aromatic nitrogens is 1. The summed E-state index contributed by atoms with van der Waals surface area (Å²) >= 11 is 1.74. The summed E-state index contributed by atoms with van der Waals surface area (Å²) in [4.78, 5) is 31.5. The molecule has 1 N–H and O–H groups in total. The number of thiazole rings is 1. The van der Waals surface area contributed by atoms with Crippen LogP contribution in [0.5, 0.6) is 11.5 Å². The van der Waals surface area contributed by atoms with Gasteiger partial charge in [0.25, 0.3) is 5.91 Å². The third-order valence-corrected chi connectivity index (χ3v) is 6.74. The summed E-state index contributed by atoms with van der Waals surface area (Å²) < 4.78 is 11.7. The molecule has 3 heterocycles. The molecule has 154 valence electrons. The van der Waals surface area contributed by atoms with Crippen molar-refractivity contribution in [1.82, 2.24) is 15.2 Å². The monoisotopic (exact) mass is 423 g/mol. The highest BCUT2D eigenvalue weighted by atomic mass is 32.1. The van der Waals surface area contributed by atoms with Crippen molar-refractivity contribution < 1.29 is 19.1 Å². The number of para-hydroxylation sites is 1. The molecule has 3 aromatic rings. The number of carbonyl (C=O) groups excluding carboxylic acids is 2. The van der Waals surface area contributed by atoms with Crippen molar-refractivity contribution >= 4 is 33.4 Å². The van der Waals surface area contributed by atoms with Crippen LogP contribution in [0.2, 0.25) is 0 Å². The van der Waals surface area contributed by atoms with E-state index in [9.17, 15) is 9.59 Å². The summed E-state index contributed by atoms with van der Waals surface area (Å²) in [6.07, 6.45) is 1.78. The molecule has 0 spiro atoms. The third kappa shape index (κ3) is 3.70. The summed E-state index contributed by atoms with van der Waals surface area (Å²) in [5.41, 5.74) is 1.49. The van der Waals surface area contributed by atoms with Gasteiger partial charge in [-0.05, 0) is 43.2 Å². The number of hydrogen-bond donors (Lipinski definition) is 1. The number of fused-ring (bicyclic) bond motifs is 2. The predicted molar refractivity (Wildman–Crippen MR) is 113 cm³/mol. The van der Waals surface area contributed by atoms with E-state index in [0.717, 1.165) is 23.4 Å². The van der Waals surface area contributed by atoms with E-state index in [0.29, 0.717) is 36.1 Å². The lowest BCUT2D eigenvalue weighted by atomic mass is 9.97. The maximum absolute atomic E-state index is 12.6. The molecule has 0 radical (unpaired) electrons. The van der Waals surface area contributed by atoms with Crippen LogP contribution in [-0.2, 0) is 4.79 Å². The van der Waals surface area contributed by atoms with Gasteiger partial charge in [0.2, 0.25) is 12.7 Å². The average molecular weight is 423 g/mol. The SMILES string of the molecule is O=C(NCC(=O)N1CCC(c2nc3ccccc3s2)CC1)c1ccc2c(c1)OCO2. The van der Waals surface area contributed by atoms with Gasteiger partial charge in [-0.2, -0.15) is 0 Å². The van der Waals surface area contributed by atoms with E-state index >= 15 is 0 Å². The van der Waals surface area contributed by atoms with Gasteiger partial charge in [-0.3, -0.25) is 9.59 Å². The van der Waals surface area contributed by atoms with E-state index in [1.807, 2.05) is 23.1 Å². The van der Waals surface area contributed by atoms with Crippen LogP contribution >= 0.6 is 11.3 Å². The fourth-order valence-corrected chi connectivity index (χ4v) is 4.98. The van der Waals surface area contributed by atoms with Gasteiger partial charge in [-0.15, -0.1) is 11.3 Å². The molecule has 30 heavy (non-hydrogen) atoms. The number of ether oxygens (including phenoxy) is 2. The molecule has 5 rings (SSSR count). The number of hydrogen-bond acceptors (Lipinski definition) is 6. The Kier molecular flexibility index (Phi) is 5.00. The van der Waals surface area contributed by atoms with Crippen molar-refractivity contribution in [2.75, 3.05) is 26.4 Å². The van der Waals surface area contributed by atoms with Gasteiger partial charge in [0, 0.05) is 24.6 Å². The van der Waals surface area contributed by atoms with Crippen molar-refractivity contribution in [1.29, 1.82) is 0 Å². The largest absolute Gasteiger partial charge is 0.454 e. The highest BCUT2D eigenvalue weighted by Crippen LogP contribution is 2.34. The van der Waals surface area contributed by atoms with Gasteiger partial charge in [0.05, 0.1) is 21.8 Å². The molecular formula is C22H21N3O4S. The van der Waals surface area contributed by atoms with Crippen LogP contribution in [0.25, 0.3) is 10.2 Å². The predicted octanol–water partition coefficient (Wildman–Crippen LogP) is 3.16. The van der Waals surface area contributed by atoms with Crippen LogP contribution in [0.3, 0.4) is 0 Å². The molecule has 2 aliphatic heterocycles. The first-order valence-electron chi connectivity index (χ1n) is 9.98. The molecule has 2 aromatic carbocycles. The van der Waals surface area contributed by atoms with Crippen molar-refractivity contribution in [3.05, 3.63) is 53.0 Å². The Bertz CT molecular complexity index is 1070. The Morgan fingerprint density at radius 2 is 1.90 bits per heavy atom. The highest BCUT2D eigenvalue weighted by molar-refractivity contribution is 7.18. The van der Waals surface area contributed by atoms with Gasteiger partial charge < -0.3 is 19.7 Å². The van der Waals surface area contributed by atoms with Gasteiger partial charge >= 0.3 is 0 Å². The Balaban J connectivity index is 1.14. The van der Waals surface area contributed by atoms with E-state index in [2.05, 4.69) is 11.4 Å². The standard InChI is InChI=1S/C22H21N3O4S/c26-20(12-23-21(27)15-5-6-17-18(11-15)29-13-28-17)25-9-7-14(8-10-25)22-24-16-3-1-2-4-19(16)30-22/h1-6,11,14H,7-10,12-13H2,(H,23,27). The first-order valence-corrected chi connectivity index (χ1v) is 10.8. The van der Waals surface area contributed by atoms with Gasteiger partial charge in [-0.25, -0.2) is 4.98 Å². The molecule has 2 aliphatic rings. The first kappa shape index (κ1) is 18.9. The van der Waals surface area contributed by atoms with Crippen LogP contribution in [0.1, 0.15) is 34.1 Å². The number of rotatable bonds is 4. The molecule has 0 atom stereocenters. The van der Waals surface area contributed by atoms with Gasteiger partial charge in [-0.1, -0.05) is 12.1 Å². The molecule has 7 nitrogen and oxygen atoms in total. The van der Waals surface area contributed by atoms with Crippen molar-refractivity contribution in [2.24, 2.45) is 0 Å². The minimum atomic E-state index is -0.300. The zero-order chi connectivity index (χ0) is 20.5. The minimum absolute atomic E-state index is 0.0148. The number of benzene rings is 2. The molecular weight excluding hydrogens is 402 g/mol. The van der Waals surface area contributed by atoms with Crippen molar-refractivity contribution in [2.45, 2.75) is 18.8 Å². The minimum Gasteiger partial charge on any atom is -0.454 e. The second kappa shape index (κ2) is 7.95. The summed E-state index contributed by atoms with van der Waals surface area (Å²) in [5, 5.41) is 3.86. The normalized spacial score (nSPS) is 16.1. The lowest BCUT2D eigenvalue weighted by Gasteiger charge is -2.31. The molecule has 8 heteroatoms. The quantitative estimate of drug-likeness (QED) is 0.697. The summed E-state index contributed by atoms with van der Waals surface area (Å²) in [6.45, 7) is 1.50. The fraction of sp³-hybridized carbons (Fsp3) is 0.318. The second-order valence-corrected chi connectivity index (χ2v) is 8.49. The second-order valence-electron chi connectivity index (χ2n) is 7.43. The lowest BCUT2D eigenvalue weighted by molar-refractivity contribution is -0.131. The number of piperidine rings is 1. The van der Waals surface area contributed by atoms with Gasteiger partial charge in [0.1, 0.15) is 0 Å². The number of nitrogens with one attached hydrogen (secondary N) is 1. The average Bonchev–Trinajstić information content (AvgIpc) is 3.43. The molecule has 1 aromatic heterocycles. The fourth-order valence-electron chi connectivity index (χ4n) is 3.85. The van der Waals surface area contributed by atoms with E-state index in [1.54, 1.807) is 29.5 Å². The molecule has 2 amide bonds. The number of nitrogens with zero attached hydrogens (tertiary/aromatic N) is 2. The number of carbonyl (C=O) groups is 2. The highest BCUT2D eigenvalue weighted by Gasteiger charge is 2.26. The van der Waals surface area contributed by atoms with Crippen molar-refractivity contribution in [3.63, 3.8) is 0 Å². The summed E-state index contributed by atoms with van der Waals surface area (Å²) in [6, 6.07) is 13.2. The molecule has 0 unspecified atom stereocenters. The smallest absolute Gasteiger partial charge is 0.251 e. The van der Waals surface area contributed by atoms with Gasteiger partial charge in [0.15, 0.2) is 11.5 Å². The van der Waals surface area contributed by atoms with Crippen LogP contribution in [0.15, 0.2) is 42.5 Å². The first-order chi connectivity index (χ1) is 14.7. The van der Waals surface area contributed by atoms with E-state index in [-0.39, 0.29) is 25.2 Å². The topological polar surface area (TPSA) is 80.8 Å². The zero-order valence-electron chi connectivity index (χ0n) is 16.3. The van der Waals surface area contributed by atoms with Crippen LogP contribution < -0.4 is 14.8 Å². The number of amides is 2. The van der Waals surface area contributed by atoms with Crippen LogP contribution in [-0.4, -0.2) is 48.1 Å². The Hall–Kier alpha value is -3.13. The third-order valence-electron chi connectivity index (χ3n) is 5.54.